The van der Waals surface area contributed by atoms with Gasteiger partial charge in [-0.05, 0) is 37.5 Å². The molecule has 3 rings (SSSR count). The Balaban J connectivity index is 1.76. The average molecular weight is 281 g/mol. The van der Waals surface area contributed by atoms with Crippen molar-refractivity contribution in [3.8, 4) is 0 Å². The molecule has 1 saturated heterocycles. The van der Waals surface area contributed by atoms with Crippen molar-refractivity contribution < 1.29 is 15.1 Å². The summed E-state index contributed by atoms with van der Waals surface area (Å²) in [6.07, 6.45) is 2.85. The quantitative estimate of drug-likeness (QED) is 0.295. The number of hydrogen-bond acceptors (Lipinski definition) is 4. The summed E-state index contributed by atoms with van der Waals surface area (Å²) in [6.45, 7) is 3.38. The standard InChI is InChI=1S/C14H23N3O3/c1-8-4-14(5-8,12(15)16-20)13(19)17-6-9-2-3-11(18)10(9)7-17/h8-11,18,20H,2-7H2,1H3,(H2,15,16). The summed E-state index contributed by atoms with van der Waals surface area (Å²) in [7, 11) is 0. The van der Waals surface area contributed by atoms with Crippen LogP contribution in [-0.2, 0) is 4.79 Å². The van der Waals surface area contributed by atoms with Crippen molar-refractivity contribution in [1.82, 2.24) is 4.90 Å². The third-order valence-corrected chi connectivity index (χ3v) is 5.51. The molecule has 0 bridgehead atoms. The van der Waals surface area contributed by atoms with Crippen molar-refractivity contribution in [3.63, 3.8) is 0 Å². The van der Waals surface area contributed by atoms with Gasteiger partial charge in [0.25, 0.3) is 0 Å². The van der Waals surface area contributed by atoms with Crippen molar-refractivity contribution >= 4 is 11.7 Å². The number of nitrogens with zero attached hydrogens (tertiary/aromatic N) is 2. The van der Waals surface area contributed by atoms with Crippen LogP contribution in [0.15, 0.2) is 5.16 Å². The lowest BCUT2D eigenvalue weighted by molar-refractivity contribution is -0.143. The van der Waals surface area contributed by atoms with Gasteiger partial charge in [-0.25, -0.2) is 0 Å². The highest BCUT2D eigenvalue weighted by Gasteiger charge is 2.56. The van der Waals surface area contributed by atoms with Crippen molar-refractivity contribution in [3.05, 3.63) is 0 Å². The minimum atomic E-state index is -0.808. The molecule has 3 unspecified atom stereocenters. The van der Waals surface area contributed by atoms with Gasteiger partial charge in [0.15, 0.2) is 5.84 Å². The molecule has 2 aliphatic carbocycles. The molecule has 2 saturated carbocycles. The fourth-order valence-electron chi connectivity index (χ4n) is 4.42. The summed E-state index contributed by atoms with van der Waals surface area (Å²) in [4.78, 5) is 14.6. The van der Waals surface area contributed by atoms with Gasteiger partial charge in [0, 0.05) is 19.0 Å². The fraction of sp³-hybridized carbons (Fsp3) is 0.857. The van der Waals surface area contributed by atoms with Gasteiger partial charge in [0.2, 0.25) is 5.91 Å². The smallest absolute Gasteiger partial charge is 0.236 e. The predicted molar refractivity (Wildman–Crippen MR) is 73.0 cm³/mol. The number of fused-ring (bicyclic) bond motifs is 1. The van der Waals surface area contributed by atoms with E-state index in [1.807, 2.05) is 4.90 Å². The van der Waals surface area contributed by atoms with E-state index in [4.69, 9.17) is 10.9 Å². The maximum atomic E-state index is 12.8. The second kappa shape index (κ2) is 4.62. The first-order valence-electron chi connectivity index (χ1n) is 7.43. The summed E-state index contributed by atoms with van der Waals surface area (Å²) >= 11 is 0. The van der Waals surface area contributed by atoms with E-state index in [-0.39, 0.29) is 23.8 Å². The van der Waals surface area contributed by atoms with E-state index < -0.39 is 5.41 Å². The largest absolute Gasteiger partial charge is 0.409 e. The van der Waals surface area contributed by atoms with Crippen LogP contribution in [0.3, 0.4) is 0 Å². The molecule has 0 aromatic heterocycles. The molecular formula is C14H23N3O3. The summed E-state index contributed by atoms with van der Waals surface area (Å²) in [6, 6.07) is 0. The normalized spacial score (nSPS) is 44.3. The van der Waals surface area contributed by atoms with Crippen molar-refractivity contribution in [1.29, 1.82) is 0 Å². The van der Waals surface area contributed by atoms with E-state index in [1.165, 1.54) is 0 Å². The van der Waals surface area contributed by atoms with Crippen LogP contribution in [-0.4, -0.2) is 46.1 Å². The third kappa shape index (κ3) is 1.81. The molecule has 3 fully saturated rings. The van der Waals surface area contributed by atoms with Crippen LogP contribution < -0.4 is 5.73 Å². The van der Waals surface area contributed by atoms with Crippen molar-refractivity contribution in [2.75, 3.05) is 13.1 Å². The van der Waals surface area contributed by atoms with E-state index >= 15 is 0 Å². The van der Waals surface area contributed by atoms with Crippen LogP contribution in [0.25, 0.3) is 0 Å². The summed E-state index contributed by atoms with van der Waals surface area (Å²) in [5, 5.41) is 22.0. The zero-order valence-electron chi connectivity index (χ0n) is 11.8. The zero-order valence-corrected chi connectivity index (χ0v) is 11.8. The molecule has 0 aromatic carbocycles. The number of hydrogen-bond donors (Lipinski definition) is 3. The average Bonchev–Trinajstić information content (AvgIpc) is 2.96. The fourth-order valence-corrected chi connectivity index (χ4v) is 4.42. The number of likely N-dealkylation sites (tertiary alicyclic amines) is 1. The lowest BCUT2D eigenvalue weighted by Crippen LogP contribution is -2.57. The first-order chi connectivity index (χ1) is 9.48. The number of amidine groups is 1. The number of carbonyl (C=O) groups excluding carboxylic acids is 1. The Bertz CT molecular complexity index is 445. The van der Waals surface area contributed by atoms with Gasteiger partial charge in [0.1, 0.15) is 5.41 Å². The molecule has 3 atom stereocenters. The van der Waals surface area contributed by atoms with Crippen LogP contribution in [0.1, 0.15) is 32.6 Å². The number of nitrogens with two attached hydrogens (primary N) is 1. The van der Waals surface area contributed by atoms with E-state index in [9.17, 15) is 9.90 Å². The van der Waals surface area contributed by atoms with E-state index in [1.54, 1.807) is 0 Å². The molecule has 1 aliphatic heterocycles. The molecule has 1 heterocycles. The topological polar surface area (TPSA) is 99.2 Å². The first kappa shape index (κ1) is 13.7. The van der Waals surface area contributed by atoms with Gasteiger partial charge in [-0.1, -0.05) is 12.1 Å². The number of oxime groups is 1. The molecule has 112 valence electrons. The number of amides is 1. The highest BCUT2D eigenvalue weighted by molar-refractivity contribution is 6.07. The lowest BCUT2D eigenvalue weighted by atomic mass is 9.61. The van der Waals surface area contributed by atoms with Crippen LogP contribution >= 0.6 is 0 Å². The van der Waals surface area contributed by atoms with Gasteiger partial charge in [-0.2, -0.15) is 0 Å². The van der Waals surface area contributed by atoms with Crippen molar-refractivity contribution in [2.24, 2.45) is 34.1 Å². The summed E-state index contributed by atoms with van der Waals surface area (Å²) in [5.74, 6) is 1.06. The third-order valence-electron chi connectivity index (χ3n) is 5.51. The van der Waals surface area contributed by atoms with Gasteiger partial charge in [-0.3, -0.25) is 4.79 Å². The van der Waals surface area contributed by atoms with E-state index in [2.05, 4.69) is 12.1 Å². The van der Waals surface area contributed by atoms with Crippen LogP contribution in [0.2, 0.25) is 0 Å². The second-order valence-corrected chi connectivity index (χ2v) is 6.86. The van der Waals surface area contributed by atoms with E-state index in [0.29, 0.717) is 37.8 Å². The lowest BCUT2D eigenvalue weighted by Gasteiger charge is -2.45. The Hall–Kier alpha value is -1.30. The summed E-state index contributed by atoms with van der Waals surface area (Å²) in [5.41, 5.74) is 4.98. The number of carbonyl (C=O) groups is 1. The second-order valence-electron chi connectivity index (χ2n) is 6.86. The molecule has 4 N–H and O–H groups in total. The highest BCUT2D eigenvalue weighted by atomic mass is 16.4. The zero-order chi connectivity index (χ0) is 14.5. The molecular weight excluding hydrogens is 258 g/mol. The monoisotopic (exact) mass is 281 g/mol. The Morgan fingerprint density at radius 3 is 2.60 bits per heavy atom. The molecule has 1 amide bonds. The highest BCUT2D eigenvalue weighted by Crippen LogP contribution is 2.49. The molecule has 0 radical (unpaired) electrons. The maximum Gasteiger partial charge on any atom is 0.236 e. The number of rotatable bonds is 2. The first-order valence-corrected chi connectivity index (χ1v) is 7.43. The van der Waals surface area contributed by atoms with Crippen LogP contribution in [0, 0.1) is 23.2 Å². The number of aliphatic hydroxyl groups excluding tert-OH is 1. The summed E-state index contributed by atoms with van der Waals surface area (Å²) < 4.78 is 0. The predicted octanol–water partition coefficient (Wildman–Crippen LogP) is 0.378. The van der Waals surface area contributed by atoms with Crippen molar-refractivity contribution in [2.45, 2.75) is 38.7 Å². The Morgan fingerprint density at radius 2 is 2.05 bits per heavy atom. The molecule has 6 heteroatoms. The van der Waals surface area contributed by atoms with Crippen LogP contribution in [0.4, 0.5) is 0 Å². The number of aliphatic hydroxyl groups is 1. The van der Waals surface area contributed by atoms with E-state index in [0.717, 1.165) is 12.8 Å². The maximum absolute atomic E-state index is 12.8. The van der Waals surface area contributed by atoms with Crippen LogP contribution in [0.5, 0.6) is 0 Å². The van der Waals surface area contributed by atoms with Gasteiger partial charge in [0.05, 0.1) is 6.10 Å². The Labute approximate surface area is 118 Å². The minimum Gasteiger partial charge on any atom is -0.409 e. The Morgan fingerprint density at radius 1 is 1.35 bits per heavy atom. The molecule has 0 spiro atoms. The molecule has 3 aliphatic rings. The Kier molecular flexibility index (Phi) is 3.16. The van der Waals surface area contributed by atoms with Gasteiger partial charge in [-0.15, -0.1) is 0 Å². The molecule has 0 aromatic rings. The molecule has 6 nitrogen and oxygen atoms in total. The molecule has 20 heavy (non-hydrogen) atoms. The van der Waals surface area contributed by atoms with Gasteiger partial charge >= 0.3 is 0 Å². The minimum absolute atomic E-state index is 0.0208. The van der Waals surface area contributed by atoms with Gasteiger partial charge < -0.3 is 20.9 Å². The SMILES string of the molecule is CC1CC(C(=O)N2CC3CCC(O)C3C2)(C(N)=NO)C1.